The molecule has 0 aromatic carbocycles. The highest BCUT2D eigenvalue weighted by Crippen LogP contribution is 2.40. The molecule has 0 radical (unpaired) electrons. The first-order valence-electron chi connectivity index (χ1n) is 6.15. The van der Waals surface area contributed by atoms with Crippen molar-refractivity contribution in [2.24, 2.45) is 5.92 Å². The van der Waals surface area contributed by atoms with Gasteiger partial charge in [0, 0.05) is 30.3 Å². The van der Waals surface area contributed by atoms with Gasteiger partial charge in [-0.25, -0.2) is 4.98 Å². The fraction of sp³-hybridized carbons (Fsp3) is 0.538. The summed E-state index contributed by atoms with van der Waals surface area (Å²) in [5.74, 6) is 1.15. The Labute approximate surface area is 101 Å². The standard InChI is InChI=1S/C13H16N2O2/c16-9-15-11-4-5-12(15)10(7-11)8-17-13-3-1-2-6-14-13/h1-3,6,9-12H,4-5,7-8H2. The van der Waals surface area contributed by atoms with Gasteiger partial charge in [-0.3, -0.25) is 4.79 Å². The summed E-state index contributed by atoms with van der Waals surface area (Å²) in [6.07, 6.45) is 6.09. The van der Waals surface area contributed by atoms with E-state index in [0.29, 0.717) is 30.5 Å². The zero-order valence-corrected chi connectivity index (χ0v) is 9.66. The lowest BCUT2D eigenvalue weighted by atomic mass is 9.90. The van der Waals surface area contributed by atoms with Gasteiger partial charge < -0.3 is 9.64 Å². The SMILES string of the molecule is O=CN1C2CCC1C(COc1ccccn1)C2. The number of rotatable bonds is 4. The molecule has 2 aliphatic heterocycles. The van der Waals surface area contributed by atoms with Crippen molar-refractivity contribution in [1.29, 1.82) is 0 Å². The molecular formula is C13H16N2O2. The second-order valence-electron chi connectivity index (χ2n) is 4.83. The van der Waals surface area contributed by atoms with Crippen LogP contribution < -0.4 is 4.74 Å². The zero-order valence-electron chi connectivity index (χ0n) is 9.66. The molecule has 90 valence electrons. The van der Waals surface area contributed by atoms with Gasteiger partial charge in [0.1, 0.15) is 0 Å². The predicted molar refractivity (Wildman–Crippen MR) is 62.6 cm³/mol. The van der Waals surface area contributed by atoms with E-state index < -0.39 is 0 Å². The maximum absolute atomic E-state index is 11.0. The van der Waals surface area contributed by atoms with Crippen molar-refractivity contribution in [3.8, 4) is 5.88 Å². The molecule has 1 aromatic rings. The smallest absolute Gasteiger partial charge is 0.213 e. The van der Waals surface area contributed by atoms with E-state index in [9.17, 15) is 4.79 Å². The van der Waals surface area contributed by atoms with Crippen LogP contribution in [-0.2, 0) is 4.79 Å². The molecule has 3 heterocycles. The van der Waals surface area contributed by atoms with Crippen molar-refractivity contribution >= 4 is 6.41 Å². The van der Waals surface area contributed by atoms with Crippen LogP contribution >= 0.6 is 0 Å². The first kappa shape index (κ1) is 10.6. The molecule has 4 nitrogen and oxygen atoms in total. The van der Waals surface area contributed by atoms with Crippen LogP contribution in [0.2, 0.25) is 0 Å². The highest BCUT2D eigenvalue weighted by molar-refractivity contribution is 5.50. The molecule has 2 bridgehead atoms. The number of nitrogens with zero attached hydrogens (tertiary/aromatic N) is 2. The van der Waals surface area contributed by atoms with E-state index in [1.54, 1.807) is 6.20 Å². The van der Waals surface area contributed by atoms with Gasteiger partial charge >= 0.3 is 0 Å². The Hall–Kier alpha value is -1.58. The fourth-order valence-electron chi connectivity index (χ4n) is 3.13. The van der Waals surface area contributed by atoms with Crippen LogP contribution in [0.15, 0.2) is 24.4 Å². The highest BCUT2D eigenvalue weighted by atomic mass is 16.5. The minimum Gasteiger partial charge on any atom is -0.477 e. The molecule has 0 saturated carbocycles. The average molecular weight is 232 g/mol. The second kappa shape index (κ2) is 4.35. The summed E-state index contributed by atoms with van der Waals surface area (Å²) in [5.41, 5.74) is 0. The van der Waals surface area contributed by atoms with Crippen LogP contribution in [0.5, 0.6) is 5.88 Å². The maximum Gasteiger partial charge on any atom is 0.213 e. The lowest BCUT2D eigenvalue weighted by Crippen LogP contribution is -2.30. The number of aromatic nitrogens is 1. The van der Waals surface area contributed by atoms with E-state index in [2.05, 4.69) is 4.98 Å². The van der Waals surface area contributed by atoms with Crippen LogP contribution in [0.25, 0.3) is 0 Å². The van der Waals surface area contributed by atoms with E-state index >= 15 is 0 Å². The number of carbonyl (C=O) groups excluding carboxylic acids is 1. The third-order valence-electron chi connectivity index (χ3n) is 3.92. The molecule has 2 saturated heterocycles. The molecule has 0 N–H and O–H groups in total. The summed E-state index contributed by atoms with van der Waals surface area (Å²) in [4.78, 5) is 17.1. The molecule has 1 amide bonds. The monoisotopic (exact) mass is 232 g/mol. The van der Waals surface area contributed by atoms with Gasteiger partial charge in [-0.2, -0.15) is 0 Å². The summed E-state index contributed by atoms with van der Waals surface area (Å²) in [5, 5.41) is 0. The van der Waals surface area contributed by atoms with E-state index in [-0.39, 0.29) is 0 Å². The second-order valence-corrected chi connectivity index (χ2v) is 4.83. The van der Waals surface area contributed by atoms with Crippen LogP contribution in [0.3, 0.4) is 0 Å². The number of fused-ring (bicyclic) bond motifs is 2. The lowest BCUT2D eigenvalue weighted by molar-refractivity contribution is -0.119. The van der Waals surface area contributed by atoms with Gasteiger partial charge in [-0.05, 0) is 25.3 Å². The quantitative estimate of drug-likeness (QED) is 0.738. The van der Waals surface area contributed by atoms with Crippen LogP contribution in [0.1, 0.15) is 19.3 Å². The van der Waals surface area contributed by atoms with Crippen LogP contribution in [0, 0.1) is 5.92 Å². The molecule has 3 unspecified atom stereocenters. The van der Waals surface area contributed by atoms with Crippen molar-refractivity contribution in [2.75, 3.05) is 6.61 Å². The third-order valence-corrected chi connectivity index (χ3v) is 3.92. The van der Waals surface area contributed by atoms with Gasteiger partial charge in [-0.1, -0.05) is 6.07 Å². The van der Waals surface area contributed by atoms with Crippen LogP contribution in [-0.4, -0.2) is 35.0 Å². The van der Waals surface area contributed by atoms with Gasteiger partial charge in [0.2, 0.25) is 12.3 Å². The molecule has 4 heteroatoms. The number of hydrogen-bond acceptors (Lipinski definition) is 3. The molecule has 17 heavy (non-hydrogen) atoms. The van der Waals surface area contributed by atoms with Crippen molar-refractivity contribution in [1.82, 2.24) is 9.88 Å². The molecule has 0 spiro atoms. The summed E-state index contributed by atoms with van der Waals surface area (Å²) in [6, 6.07) is 6.50. The number of hydrogen-bond donors (Lipinski definition) is 0. The summed E-state index contributed by atoms with van der Waals surface area (Å²) >= 11 is 0. The minimum atomic E-state index is 0.390. The molecule has 0 aliphatic carbocycles. The fourth-order valence-corrected chi connectivity index (χ4v) is 3.13. The van der Waals surface area contributed by atoms with Gasteiger partial charge in [-0.15, -0.1) is 0 Å². The Kier molecular flexibility index (Phi) is 2.71. The number of ether oxygens (including phenoxy) is 1. The van der Waals surface area contributed by atoms with Crippen molar-refractivity contribution in [3.63, 3.8) is 0 Å². The molecular weight excluding hydrogens is 216 g/mol. The first-order chi connectivity index (χ1) is 8.38. The Bertz CT molecular complexity index is 396. The number of carbonyl (C=O) groups is 1. The van der Waals surface area contributed by atoms with E-state index in [1.807, 2.05) is 23.1 Å². The summed E-state index contributed by atoms with van der Waals surface area (Å²) < 4.78 is 5.68. The third kappa shape index (κ3) is 1.88. The average Bonchev–Trinajstić information content (AvgIpc) is 2.94. The van der Waals surface area contributed by atoms with Crippen molar-refractivity contribution in [3.05, 3.63) is 24.4 Å². The Morgan fingerprint density at radius 3 is 3.12 bits per heavy atom. The Balaban J connectivity index is 1.59. The van der Waals surface area contributed by atoms with Gasteiger partial charge in [0.25, 0.3) is 0 Å². The molecule has 1 aromatic heterocycles. The number of pyridine rings is 1. The topological polar surface area (TPSA) is 42.4 Å². The maximum atomic E-state index is 11.0. The van der Waals surface area contributed by atoms with Gasteiger partial charge in [0.05, 0.1) is 6.61 Å². The Morgan fingerprint density at radius 2 is 2.41 bits per heavy atom. The minimum absolute atomic E-state index is 0.390. The Morgan fingerprint density at radius 1 is 1.47 bits per heavy atom. The largest absolute Gasteiger partial charge is 0.477 e. The molecule has 2 fully saturated rings. The molecule has 3 atom stereocenters. The van der Waals surface area contributed by atoms with Crippen molar-refractivity contribution < 1.29 is 9.53 Å². The van der Waals surface area contributed by atoms with E-state index in [1.165, 1.54) is 0 Å². The summed E-state index contributed by atoms with van der Waals surface area (Å²) in [7, 11) is 0. The first-order valence-corrected chi connectivity index (χ1v) is 6.15. The van der Waals surface area contributed by atoms with Gasteiger partial charge in [0.15, 0.2) is 0 Å². The van der Waals surface area contributed by atoms with E-state index in [4.69, 9.17) is 4.74 Å². The van der Waals surface area contributed by atoms with Crippen LogP contribution in [0.4, 0.5) is 0 Å². The predicted octanol–water partition coefficient (Wildman–Crippen LogP) is 1.47. The molecule has 2 aliphatic rings. The van der Waals surface area contributed by atoms with E-state index in [0.717, 1.165) is 25.7 Å². The zero-order chi connectivity index (χ0) is 11.7. The van der Waals surface area contributed by atoms with Crippen molar-refractivity contribution in [2.45, 2.75) is 31.3 Å². The molecule has 3 rings (SSSR count). The number of amides is 1. The normalized spacial score (nSPS) is 30.6. The lowest BCUT2D eigenvalue weighted by Gasteiger charge is -2.21. The summed E-state index contributed by atoms with van der Waals surface area (Å²) in [6.45, 7) is 0.669. The highest BCUT2D eigenvalue weighted by Gasteiger charge is 2.45.